The number of rotatable bonds is 4. The van der Waals surface area contributed by atoms with Crippen molar-refractivity contribution in [3.8, 4) is 0 Å². The third kappa shape index (κ3) is 3.56. The quantitative estimate of drug-likeness (QED) is 0.422. The Morgan fingerprint density at radius 3 is 2.71 bits per heavy atom. The highest BCUT2D eigenvalue weighted by atomic mass is 79.9. The number of anilines is 1. The van der Waals surface area contributed by atoms with Gasteiger partial charge < -0.3 is 15.2 Å². The van der Waals surface area contributed by atoms with E-state index in [-0.39, 0.29) is 17.8 Å². The fourth-order valence-electron chi connectivity index (χ4n) is 4.08. The molecule has 0 unspecified atom stereocenters. The monoisotopic (exact) mass is 483 g/mol. The molecule has 0 bridgehead atoms. The maximum Gasteiger partial charge on any atom is 0.338 e. The predicted octanol–water partition coefficient (Wildman–Crippen LogP) is 4.80. The molecule has 1 fully saturated rings. The Morgan fingerprint density at radius 2 is 2.06 bits per heavy atom. The van der Waals surface area contributed by atoms with E-state index >= 15 is 0 Å². The number of carbonyl (C=O) groups excluding carboxylic acids is 1. The van der Waals surface area contributed by atoms with Gasteiger partial charge in [-0.05, 0) is 41.4 Å². The first kappa shape index (κ1) is 21.3. The van der Waals surface area contributed by atoms with Crippen molar-refractivity contribution < 1.29 is 14.3 Å². The molecule has 3 heterocycles. The third-order valence-electron chi connectivity index (χ3n) is 5.62. The van der Waals surface area contributed by atoms with Crippen LogP contribution in [0.25, 0.3) is 15.9 Å². The number of esters is 1. The Bertz CT molecular complexity index is 1190. The van der Waals surface area contributed by atoms with Gasteiger partial charge in [-0.15, -0.1) is 0 Å². The first-order valence-corrected chi connectivity index (χ1v) is 10.8. The zero-order valence-electron chi connectivity index (χ0n) is 17.4. The molecule has 2 aromatic heterocycles. The van der Waals surface area contributed by atoms with E-state index in [1.807, 2.05) is 19.9 Å². The van der Waals surface area contributed by atoms with E-state index in [2.05, 4.69) is 30.7 Å². The number of nitrogen functional groups attached to an aromatic ring is 1. The van der Waals surface area contributed by atoms with E-state index in [9.17, 15) is 4.79 Å². The highest BCUT2D eigenvalue weighted by Crippen LogP contribution is 2.46. The molecular weight excluding hydrogens is 462 g/mol. The summed E-state index contributed by atoms with van der Waals surface area (Å²) >= 11 is 3.53. The molecule has 31 heavy (non-hydrogen) atoms. The predicted molar refractivity (Wildman–Crippen MR) is 120 cm³/mol. The number of fused-ring (bicyclic) bond motifs is 1. The minimum absolute atomic E-state index is 0.0660. The molecule has 4 atom stereocenters. The molecule has 4 rings (SSSR count). The van der Waals surface area contributed by atoms with Crippen molar-refractivity contribution in [1.82, 2.24) is 14.5 Å². The van der Waals surface area contributed by atoms with E-state index in [4.69, 9.17) is 21.8 Å². The maximum absolute atomic E-state index is 12.8. The Hall–Kier alpha value is -2.96. The summed E-state index contributed by atoms with van der Waals surface area (Å²) in [6, 6.07) is 8.85. The summed E-state index contributed by atoms with van der Waals surface area (Å²) in [4.78, 5) is 25.2. The molecule has 9 heteroatoms. The second-order valence-corrected chi connectivity index (χ2v) is 8.30. The molecule has 0 aliphatic carbocycles. The van der Waals surface area contributed by atoms with E-state index < -0.39 is 18.3 Å². The molecule has 2 N–H and O–H groups in total. The number of halogens is 1. The van der Waals surface area contributed by atoms with Gasteiger partial charge in [0.2, 0.25) is 5.69 Å². The van der Waals surface area contributed by atoms with Gasteiger partial charge in [0.05, 0.1) is 28.2 Å². The van der Waals surface area contributed by atoms with Crippen LogP contribution in [0.4, 0.5) is 11.5 Å². The smallest absolute Gasteiger partial charge is 0.338 e. The minimum atomic E-state index is -0.673. The lowest BCUT2D eigenvalue weighted by Gasteiger charge is -2.24. The number of hydrogen-bond acceptors (Lipinski definition) is 6. The van der Waals surface area contributed by atoms with Gasteiger partial charge in [-0.1, -0.05) is 32.0 Å². The summed E-state index contributed by atoms with van der Waals surface area (Å²) in [5.74, 6) is 0.211. The normalized spacial score (nSPS) is 23.1. The Labute approximate surface area is 188 Å². The van der Waals surface area contributed by atoms with Crippen molar-refractivity contribution in [1.29, 1.82) is 0 Å². The fraction of sp³-hybridized carbons (Fsp3) is 0.364. The summed E-state index contributed by atoms with van der Waals surface area (Å²) in [5, 5.41) is 0.455. The van der Waals surface area contributed by atoms with E-state index in [0.29, 0.717) is 32.7 Å². The molecule has 0 radical (unpaired) electrons. The van der Waals surface area contributed by atoms with Crippen LogP contribution < -0.4 is 5.73 Å². The molecule has 1 saturated heterocycles. The lowest BCUT2D eigenvalue weighted by molar-refractivity contribution is -0.0476. The number of aromatic nitrogens is 3. The topological polar surface area (TPSA) is 96.6 Å². The van der Waals surface area contributed by atoms with Gasteiger partial charge in [0.1, 0.15) is 17.3 Å². The van der Waals surface area contributed by atoms with Crippen LogP contribution in [0.1, 0.15) is 42.7 Å². The fourth-order valence-corrected chi connectivity index (χ4v) is 4.74. The average molecular weight is 484 g/mol. The summed E-state index contributed by atoms with van der Waals surface area (Å²) in [6.07, 6.45) is -0.632. The van der Waals surface area contributed by atoms with E-state index in [0.717, 1.165) is 6.42 Å². The SMILES string of the molecule is [C-]#[N+]c1c(Br)n([C@@H]2O[C@H](CC)[C@@H](C)[C@H]2OC(=O)c2ccccc2)c2nc(C)nc(N)c12. The summed E-state index contributed by atoms with van der Waals surface area (Å²) in [5.41, 5.74) is 7.37. The Balaban J connectivity index is 1.83. The summed E-state index contributed by atoms with van der Waals surface area (Å²) in [6.45, 7) is 13.4. The standard InChI is InChI=1S/C22H22BrN5O3/c1-5-14-11(2)17(31-22(29)13-9-7-6-8-10-13)21(30-14)28-18(23)16(25-4)15-19(24)26-12(3)27-20(15)28/h6-11,14,17,21H,5H2,1-3H3,(H2,24,26,27)/t11-,14-,17-,21-/m1/s1. The lowest BCUT2D eigenvalue weighted by Crippen LogP contribution is -2.30. The lowest BCUT2D eigenvalue weighted by atomic mass is 9.98. The third-order valence-corrected chi connectivity index (χ3v) is 6.38. The zero-order chi connectivity index (χ0) is 22.3. The second kappa shape index (κ2) is 8.29. The number of nitrogens with zero attached hydrogens (tertiary/aromatic N) is 4. The van der Waals surface area contributed by atoms with Crippen molar-refractivity contribution in [3.05, 3.63) is 57.7 Å². The molecular formula is C22H22BrN5O3. The number of benzene rings is 1. The number of nitrogens with two attached hydrogens (primary N) is 1. The van der Waals surface area contributed by atoms with Gasteiger partial charge in [0.15, 0.2) is 12.3 Å². The highest BCUT2D eigenvalue weighted by molar-refractivity contribution is 9.10. The van der Waals surface area contributed by atoms with Crippen molar-refractivity contribution in [2.75, 3.05) is 5.73 Å². The molecule has 1 aliphatic rings. The van der Waals surface area contributed by atoms with Crippen LogP contribution in [-0.4, -0.2) is 32.7 Å². The van der Waals surface area contributed by atoms with Gasteiger partial charge in [0.25, 0.3) is 0 Å². The molecule has 8 nitrogen and oxygen atoms in total. The summed E-state index contributed by atoms with van der Waals surface area (Å²) in [7, 11) is 0. The number of hydrogen-bond donors (Lipinski definition) is 1. The van der Waals surface area contributed by atoms with Crippen molar-refractivity contribution in [2.24, 2.45) is 5.92 Å². The van der Waals surface area contributed by atoms with Crippen LogP contribution >= 0.6 is 15.9 Å². The van der Waals surface area contributed by atoms with Gasteiger partial charge in [-0.2, -0.15) is 0 Å². The molecule has 1 aliphatic heterocycles. The van der Waals surface area contributed by atoms with Crippen LogP contribution in [-0.2, 0) is 9.47 Å². The van der Waals surface area contributed by atoms with Crippen molar-refractivity contribution in [2.45, 2.75) is 45.6 Å². The van der Waals surface area contributed by atoms with Gasteiger partial charge in [0, 0.05) is 5.92 Å². The van der Waals surface area contributed by atoms with Crippen LogP contribution in [0.15, 0.2) is 34.9 Å². The molecule has 3 aromatic rings. The number of aryl methyl sites for hydroxylation is 1. The molecule has 0 spiro atoms. The highest BCUT2D eigenvalue weighted by Gasteiger charge is 2.46. The average Bonchev–Trinajstić information content (AvgIpc) is 3.21. The van der Waals surface area contributed by atoms with E-state index in [1.165, 1.54) is 0 Å². The van der Waals surface area contributed by atoms with Gasteiger partial charge in [-0.25, -0.2) is 19.6 Å². The second-order valence-electron chi connectivity index (χ2n) is 7.54. The number of carbonyl (C=O) groups is 1. The van der Waals surface area contributed by atoms with Gasteiger partial charge in [-0.3, -0.25) is 4.57 Å². The summed E-state index contributed by atoms with van der Waals surface area (Å²) < 4.78 is 14.5. The molecule has 160 valence electrons. The molecule has 0 amide bonds. The van der Waals surface area contributed by atoms with Crippen LogP contribution in [0.3, 0.4) is 0 Å². The molecule has 1 aromatic carbocycles. The van der Waals surface area contributed by atoms with E-state index in [1.54, 1.807) is 35.8 Å². The Kier molecular flexibility index (Phi) is 5.69. The number of ether oxygens (including phenoxy) is 2. The van der Waals surface area contributed by atoms with Crippen LogP contribution in [0.2, 0.25) is 0 Å². The van der Waals surface area contributed by atoms with Crippen molar-refractivity contribution >= 4 is 44.4 Å². The van der Waals surface area contributed by atoms with Crippen LogP contribution in [0, 0.1) is 19.4 Å². The Morgan fingerprint density at radius 1 is 1.35 bits per heavy atom. The first-order valence-electron chi connectivity index (χ1n) is 9.99. The molecule has 0 saturated carbocycles. The maximum atomic E-state index is 12.8. The van der Waals surface area contributed by atoms with Crippen LogP contribution in [0.5, 0.6) is 0 Å². The zero-order valence-corrected chi connectivity index (χ0v) is 19.0. The first-order chi connectivity index (χ1) is 14.9. The minimum Gasteiger partial charge on any atom is -0.454 e. The largest absolute Gasteiger partial charge is 0.454 e. The van der Waals surface area contributed by atoms with Gasteiger partial charge >= 0.3 is 5.97 Å². The van der Waals surface area contributed by atoms with Crippen molar-refractivity contribution in [3.63, 3.8) is 0 Å².